The van der Waals surface area contributed by atoms with Crippen molar-refractivity contribution in [1.29, 1.82) is 0 Å². The van der Waals surface area contributed by atoms with Gasteiger partial charge in [0.25, 0.3) is 5.91 Å². The van der Waals surface area contributed by atoms with E-state index in [9.17, 15) is 4.79 Å². The van der Waals surface area contributed by atoms with Crippen LogP contribution in [0, 0.1) is 0 Å². The van der Waals surface area contributed by atoms with Crippen LogP contribution in [-0.2, 0) is 6.54 Å². The van der Waals surface area contributed by atoms with Crippen LogP contribution in [0.5, 0.6) is 0 Å². The number of halogens is 2. The Bertz CT molecular complexity index is 818. The number of nitrogens with zero attached hydrogens (tertiary/aromatic N) is 1. The van der Waals surface area contributed by atoms with Crippen LogP contribution in [0.1, 0.15) is 15.2 Å². The molecule has 21 heavy (non-hydrogen) atoms. The van der Waals surface area contributed by atoms with Gasteiger partial charge >= 0.3 is 0 Å². The molecule has 106 valence electrons. The Labute approximate surface area is 139 Å². The van der Waals surface area contributed by atoms with E-state index in [2.05, 4.69) is 26.2 Å². The second kappa shape index (κ2) is 6.13. The largest absolute Gasteiger partial charge is 0.347 e. The van der Waals surface area contributed by atoms with Gasteiger partial charge in [-0.3, -0.25) is 9.78 Å². The van der Waals surface area contributed by atoms with Crippen molar-refractivity contribution in [2.45, 2.75) is 6.54 Å². The van der Waals surface area contributed by atoms with Crippen LogP contribution in [0.3, 0.4) is 0 Å². The second-order valence-corrected chi connectivity index (χ2v) is 7.40. The smallest absolute Gasteiger partial charge is 0.253 e. The first kappa shape index (κ1) is 14.5. The Morgan fingerprint density at radius 2 is 2.19 bits per heavy atom. The number of benzene rings is 1. The van der Waals surface area contributed by atoms with Crippen molar-refractivity contribution in [3.8, 4) is 0 Å². The third kappa shape index (κ3) is 3.26. The monoisotopic (exact) mass is 380 g/mol. The van der Waals surface area contributed by atoms with Gasteiger partial charge in [0.1, 0.15) is 0 Å². The molecule has 1 aromatic carbocycles. The summed E-state index contributed by atoms with van der Waals surface area (Å²) in [4.78, 5) is 17.7. The summed E-state index contributed by atoms with van der Waals surface area (Å²) in [6, 6.07) is 11.1. The highest BCUT2D eigenvalue weighted by Crippen LogP contribution is 2.24. The van der Waals surface area contributed by atoms with Crippen LogP contribution in [0.15, 0.2) is 46.4 Å². The van der Waals surface area contributed by atoms with Crippen LogP contribution in [0.25, 0.3) is 10.9 Å². The number of rotatable bonds is 3. The summed E-state index contributed by atoms with van der Waals surface area (Å²) < 4.78 is 1.04. The van der Waals surface area contributed by atoms with Crippen molar-refractivity contribution in [3.05, 3.63) is 61.8 Å². The van der Waals surface area contributed by atoms with E-state index in [1.54, 1.807) is 29.7 Å². The van der Waals surface area contributed by atoms with Gasteiger partial charge in [-0.05, 0) is 46.3 Å². The van der Waals surface area contributed by atoms with Crippen LogP contribution < -0.4 is 5.32 Å². The Morgan fingerprint density at radius 1 is 1.33 bits per heavy atom. The molecule has 0 bridgehead atoms. The molecule has 1 amide bonds. The molecule has 0 saturated carbocycles. The number of nitrogens with one attached hydrogen (secondary N) is 1. The normalized spacial score (nSPS) is 10.8. The molecule has 1 N–H and O–H groups in total. The molecule has 0 fully saturated rings. The minimum Gasteiger partial charge on any atom is -0.347 e. The molecule has 2 heterocycles. The zero-order valence-corrected chi connectivity index (χ0v) is 13.9. The maximum absolute atomic E-state index is 12.4. The van der Waals surface area contributed by atoms with Crippen molar-refractivity contribution in [1.82, 2.24) is 10.3 Å². The van der Waals surface area contributed by atoms with Crippen LogP contribution in [-0.4, -0.2) is 10.9 Å². The lowest BCUT2D eigenvalue weighted by Crippen LogP contribution is -2.22. The third-order valence-electron chi connectivity index (χ3n) is 2.97. The van der Waals surface area contributed by atoms with Gasteiger partial charge in [0.05, 0.1) is 21.4 Å². The maximum Gasteiger partial charge on any atom is 0.253 e. The molecule has 3 aromatic rings. The average molecular weight is 382 g/mol. The molecule has 0 unspecified atom stereocenters. The minimum atomic E-state index is -0.175. The number of fused-ring (bicyclic) bond motifs is 1. The molecular weight excluding hydrogens is 372 g/mol. The van der Waals surface area contributed by atoms with Gasteiger partial charge in [0, 0.05) is 21.5 Å². The molecule has 0 aliphatic carbocycles. The lowest BCUT2D eigenvalue weighted by Gasteiger charge is -2.07. The van der Waals surface area contributed by atoms with Crippen molar-refractivity contribution >= 4 is 55.7 Å². The SMILES string of the molecule is O=C(NCc1ccc(Br)s1)c1cc(Cl)cc2cccnc12. The number of thiophene rings is 1. The van der Waals surface area contributed by atoms with Crippen molar-refractivity contribution in [3.63, 3.8) is 0 Å². The number of aromatic nitrogens is 1. The number of carbonyl (C=O) groups excluding carboxylic acids is 1. The molecule has 0 atom stereocenters. The minimum absolute atomic E-state index is 0.175. The number of hydrogen-bond acceptors (Lipinski definition) is 3. The first-order chi connectivity index (χ1) is 10.1. The second-order valence-electron chi connectivity index (χ2n) is 4.42. The van der Waals surface area contributed by atoms with Gasteiger partial charge in [-0.15, -0.1) is 11.3 Å². The van der Waals surface area contributed by atoms with E-state index in [-0.39, 0.29) is 5.91 Å². The molecule has 0 aliphatic heterocycles. The van der Waals surface area contributed by atoms with E-state index in [4.69, 9.17) is 11.6 Å². The van der Waals surface area contributed by atoms with Gasteiger partial charge in [-0.2, -0.15) is 0 Å². The lowest BCUT2D eigenvalue weighted by molar-refractivity contribution is 0.0953. The quantitative estimate of drug-likeness (QED) is 0.718. The summed E-state index contributed by atoms with van der Waals surface area (Å²) in [7, 11) is 0. The van der Waals surface area contributed by atoms with E-state index >= 15 is 0 Å². The van der Waals surface area contributed by atoms with Crippen molar-refractivity contribution in [2.75, 3.05) is 0 Å². The number of carbonyl (C=O) groups is 1. The van der Waals surface area contributed by atoms with E-state index < -0.39 is 0 Å². The number of hydrogen-bond donors (Lipinski definition) is 1. The topological polar surface area (TPSA) is 42.0 Å². The van der Waals surface area contributed by atoms with E-state index in [0.29, 0.717) is 22.6 Å². The summed E-state index contributed by atoms with van der Waals surface area (Å²) in [6.07, 6.45) is 1.67. The third-order valence-corrected chi connectivity index (χ3v) is 4.81. The van der Waals surface area contributed by atoms with E-state index in [1.807, 2.05) is 24.3 Å². The first-order valence-electron chi connectivity index (χ1n) is 6.20. The zero-order valence-electron chi connectivity index (χ0n) is 10.8. The fourth-order valence-corrected chi connectivity index (χ4v) is 3.69. The standard InChI is InChI=1S/C15H10BrClN2OS/c16-13-4-3-11(21-13)8-19-15(20)12-7-10(17)6-9-2-1-5-18-14(9)12/h1-7H,8H2,(H,19,20). The first-order valence-corrected chi connectivity index (χ1v) is 8.19. The van der Waals surface area contributed by atoms with E-state index in [0.717, 1.165) is 14.0 Å². The zero-order chi connectivity index (χ0) is 14.8. The average Bonchev–Trinajstić information content (AvgIpc) is 2.89. The number of amides is 1. The highest BCUT2D eigenvalue weighted by Gasteiger charge is 2.12. The Balaban J connectivity index is 1.87. The molecule has 2 aromatic heterocycles. The highest BCUT2D eigenvalue weighted by molar-refractivity contribution is 9.11. The molecule has 3 nitrogen and oxygen atoms in total. The fraction of sp³-hybridized carbons (Fsp3) is 0.0667. The Morgan fingerprint density at radius 3 is 2.95 bits per heavy atom. The fourth-order valence-electron chi connectivity index (χ4n) is 2.04. The molecule has 0 saturated heterocycles. The Hall–Kier alpha value is -1.43. The molecule has 6 heteroatoms. The predicted molar refractivity (Wildman–Crippen MR) is 89.9 cm³/mol. The molecular formula is C15H10BrClN2OS. The van der Waals surface area contributed by atoms with Gasteiger partial charge in [-0.25, -0.2) is 0 Å². The van der Waals surface area contributed by atoms with Crippen molar-refractivity contribution < 1.29 is 4.79 Å². The van der Waals surface area contributed by atoms with Gasteiger partial charge in [0.2, 0.25) is 0 Å². The number of pyridine rings is 1. The van der Waals surface area contributed by atoms with Gasteiger partial charge < -0.3 is 5.32 Å². The summed E-state index contributed by atoms with van der Waals surface area (Å²) in [6.45, 7) is 0.482. The predicted octanol–water partition coefficient (Wildman–Crippen LogP) is 4.64. The summed E-state index contributed by atoms with van der Waals surface area (Å²) in [5.74, 6) is -0.175. The van der Waals surface area contributed by atoms with Crippen LogP contribution in [0.2, 0.25) is 5.02 Å². The van der Waals surface area contributed by atoms with Gasteiger partial charge in [0.15, 0.2) is 0 Å². The maximum atomic E-state index is 12.4. The Kier molecular flexibility index (Phi) is 4.24. The summed E-state index contributed by atoms with van der Waals surface area (Å²) in [5.41, 5.74) is 1.15. The highest BCUT2D eigenvalue weighted by atomic mass is 79.9. The van der Waals surface area contributed by atoms with Crippen LogP contribution >= 0.6 is 38.9 Å². The molecule has 0 aliphatic rings. The van der Waals surface area contributed by atoms with Crippen LogP contribution in [0.4, 0.5) is 0 Å². The molecule has 0 radical (unpaired) electrons. The van der Waals surface area contributed by atoms with Gasteiger partial charge in [-0.1, -0.05) is 17.7 Å². The summed E-state index contributed by atoms with van der Waals surface area (Å²) in [5, 5.41) is 4.28. The molecule has 3 rings (SSSR count). The molecule has 0 spiro atoms. The summed E-state index contributed by atoms with van der Waals surface area (Å²) >= 11 is 11.1. The lowest BCUT2D eigenvalue weighted by atomic mass is 10.1. The van der Waals surface area contributed by atoms with Crippen molar-refractivity contribution in [2.24, 2.45) is 0 Å². The van der Waals surface area contributed by atoms with E-state index in [1.165, 1.54) is 0 Å².